The molecule has 8 heteroatoms. The first-order valence-corrected chi connectivity index (χ1v) is 12.1. The summed E-state index contributed by atoms with van der Waals surface area (Å²) in [4.78, 5) is 12.6. The summed E-state index contributed by atoms with van der Waals surface area (Å²) in [6.45, 7) is 0. The highest BCUT2D eigenvalue weighted by molar-refractivity contribution is 7.98. The van der Waals surface area contributed by atoms with Gasteiger partial charge in [-0.1, -0.05) is 31.7 Å². The van der Waals surface area contributed by atoms with E-state index >= 15 is 0 Å². The lowest BCUT2D eigenvalue weighted by molar-refractivity contribution is -0.123. The van der Waals surface area contributed by atoms with Crippen LogP contribution in [-0.4, -0.2) is 38.4 Å². The predicted molar refractivity (Wildman–Crippen MR) is 101 cm³/mol. The van der Waals surface area contributed by atoms with Crippen LogP contribution in [0.2, 0.25) is 0 Å². The summed E-state index contributed by atoms with van der Waals surface area (Å²) in [6, 6.07) is 2.71. The van der Waals surface area contributed by atoms with Crippen LogP contribution in [0.4, 0.5) is 0 Å². The molecule has 136 valence electrons. The van der Waals surface area contributed by atoms with Gasteiger partial charge < -0.3 is 5.32 Å². The van der Waals surface area contributed by atoms with Crippen LogP contribution >= 0.6 is 23.1 Å². The van der Waals surface area contributed by atoms with Crippen molar-refractivity contribution in [2.75, 3.05) is 12.0 Å². The van der Waals surface area contributed by atoms with E-state index in [1.807, 2.05) is 6.26 Å². The molecule has 1 aliphatic carbocycles. The SMILES string of the molecule is CSCCC(NS(=O)(=O)c1cccs1)C(=O)NC1CCCCCC1. The maximum atomic E-state index is 12.6. The molecular formula is C16H26N2O3S3. The largest absolute Gasteiger partial charge is 0.352 e. The molecular weight excluding hydrogens is 364 g/mol. The zero-order chi connectivity index (χ0) is 17.4. The smallest absolute Gasteiger partial charge is 0.250 e. The average molecular weight is 391 g/mol. The summed E-state index contributed by atoms with van der Waals surface area (Å²) in [5.74, 6) is 0.534. The van der Waals surface area contributed by atoms with Crippen LogP contribution < -0.4 is 10.0 Å². The van der Waals surface area contributed by atoms with Crippen molar-refractivity contribution in [2.24, 2.45) is 0 Å². The molecule has 0 aliphatic heterocycles. The fourth-order valence-electron chi connectivity index (χ4n) is 2.87. The third-order valence-corrected chi connectivity index (χ3v) is 7.70. The molecule has 1 saturated carbocycles. The maximum absolute atomic E-state index is 12.6. The van der Waals surface area contributed by atoms with Crippen molar-refractivity contribution < 1.29 is 13.2 Å². The Morgan fingerprint density at radius 1 is 1.33 bits per heavy atom. The summed E-state index contributed by atoms with van der Waals surface area (Å²) in [5, 5.41) is 4.78. The number of rotatable bonds is 8. The number of thioether (sulfide) groups is 1. The number of thiophene rings is 1. The van der Waals surface area contributed by atoms with Crippen LogP contribution in [0.1, 0.15) is 44.9 Å². The first-order chi connectivity index (χ1) is 11.5. The van der Waals surface area contributed by atoms with E-state index in [0.29, 0.717) is 6.42 Å². The van der Waals surface area contributed by atoms with Crippen LogP contribution in [0.5, 0.6) is 0 Å². The van der Waals surface area contributed by atoms with Gasteiger partial charge >= 0.3 is 0 Å². The van der Waals surface area contributed by atoms with Crippen LogP contribution in [0.3, 0.4) is 0 Å². The van der Waals surface area contributed by atoms with E-state index in [4.69, 9.17) is 0 Å². The molecule has 2 rings (SSSR count). The summed E-state index contributed by atoms with van der Waals surface area (Å²) < 4.78 is 27.7. The Hall–Kier alpha value is -0.570. The highest BCUT2D eigenvalue weighted by Crippen LogP contribution is 2.19. The summed E-state index contributed by atoms with van der Waals surface area (Å²) in [6.07, 6.45) is 9.10. The van der Waals surface area contributed by atoms with E-state index in [0.717, 1.165) is 42.8 Å². The third kappa shape index (κ3) is 6.06. The van der Waals surface area contributed by atoms with Crippen LogP contribution in [-0.2, 0) is 14.8 Å². The molecule has 0 saturated heterocycles. The second-order valence-corrected chi connectivity index (χ2v) is 9.96. The van der Waals surface area contributed by atoms with Gasteiger partial charge in [-0.3, -0.25) is 4.79 Å². The maximum Gasteiger partial charge on any atom is 0.250 e. The molecule has 2 N–H and O–H groups in total. The van der Waals surface area contributed by atoms with Gasteiger partial charge in [-0.05, 0) is 42.7 Å². The van der Waals surface area contributed by atoms with Gasteiger partial charge in [0.2, 0.25) is 5.91 Å². The minimum absolute atomic E-state index is 0.169. The first kappa shape index (κ1) is 19.8. The molecule has 1 unspecified atom stereocenters. The van der Waals surface area contributed by atoms with Gasteiger partial charge in [-0.15, -0.1) is 11.3 Å². The number of hydrogen-bond acceptors (Lipinski definition) is 5. The quantitative estimate of drug-likeness (QED) is 0.669. The van der Waals surface area contributed by atoms with E-state index in [-0.39, 0.29) is 16.2 Å². The van der Waals surface area contributed by atoms with Crippen molar-refractivity contribution >= 4 is 39.0 Å². The van der Waals surface area contributed by atoms with Gasteiger partial charge in [0.05, 0.1) is 0 Å². The standard InChI is InChI=1S/C16H26N2O3S3/c1-22-12-10-14(18-24(20,21)15-9-6-11-23-15)16(19)17-13-7-4-2-3-5-8-13/h6,9,11,13-14,18H,2-5,7-8,10,12H2,1H3,(H,17,19). The fourth-order valence-corrected chi connectivity index (χ4v) is 5.58. The zero-order valence-electron chi connectivity index (χ0n) is 14.0. The molecule has 1 amide bonds. The predicted octanol–water partition coefficient (Wildman–Crippen LogP) is 2.99. The Bertz CT molecular complexity index is 594. The van der Waals surface area contributed by atoms with E-state index in [9.17, 15) is 13.2 Å². The molecule has 1 aromatic heterocycles. The van der Waals surface area contributed by atoms with Gasteiger partial charge in [0, 0.05) is 6.04 Å². The Balaban J connectivity index is 2.02. The lowest BCUT2D eigenvalue weighted by Crippen LogP contribution is -2.49. The van der Waals surface area contributed by atoms with Crippen molar-refractivity contribution in [3.8, 4) is 0 Å². The molecule has 0 bridgehead atoms. The van der Waals surface area contributed by atoms with E-state index < -0.39 is 16.1 Å². The summed E-state index contributed by atoms with van der Waals surface area (Å²) in [5.41, 5.74) is 0. The zero-order valence-corrected chi connectivity index (χ0v) is 16.4. The van der Waals surface area contributed by atoms with E-state index in [1.54, 1.807) is 29.3 Å². The highest BCUT2D eigenvalue weighted by Gasteiger charge is 2.27. The molecule has 1 atom stereocenters. The Labute approximate surface area is 153 Å². The van der Waals surface area contributed by atoms with Gasteiger partial charge in [0.1, 0.15) is 10.3 Å². The number of hydrogen-bond donors (Lipinski definition) is 2. The number of sulfonamides is 1. The monoisotopic (exact) mass is 390 g/mol. The molecule has 0 aromatic carbocycles. The average Bonchev–Trinajstić information content (AvgIpc) is 2.99. The highest BCUT2D eigenvalue weighted by atomic mass is 32.2. The third-order valence-electron chi connectivity index (χ3n) is 4.19. The van der Waals surface area contributed by atoms with Gasteiger partial charge in [0.15, 0.2) is 0 Å². The van der Waals surface area contributed by atoms with Gasteiger partial charge in [-0.2, -0.15) is 16.5 Å². The van der Waals surface area contributed by atoms with E-state index in [1.165, 1.54) is 12.8 Å². The van der Waals surface area contributed by atoms with Crippen molar-refractivity contribution in [3.05, 3.63) is 17.5 Å². The summed E-state index contributed by atoms with van der Waals surface area (Å²) >= 11 is 2.77. The lowest BCUT2D eigenvalue weighted by atomic mass is 10.1. The number of carbonyl (C=O) groups excluding carboxylic acids is 1. The van der Waals surface area contributed by atoms with Crippen molar-refractivity contribution in [2.45, 2.75) is 61.2 Å². The van der Waals surface area contributed by atoms with Crippen molar-refractivity contribution in [1.29, 1.82) is 0 Å². The van der Waals surface area contributed by atoms with E-state index in [2.05, 4.69) is 10.0 Å². The molecule has 5 nitrogen and oxygen atoms in total. The Kier molecular flexibility index (Phi) is 8.06. The van der Waals surface area contributed by atoms with Gasteiger partial charge in [-0.25, -0.2) is 8.42 Å². The van der Waals surface area contributed by atoms with Gasteiger partial charge in [0.25, 0.3) is 10.0 Å². The minimum Gasteiger partial charge on any atom is -0.352 e. The normalized spacial score (nSPS) is 18.0. The first-order valence-electron chi connectivity index (χ1n) is 8.38. The molecule has 24 heavy (non-hydrogen) atoms. The molecule has 1 aromatic rings. The topological polar surface area (TPSA) is 75.3 Å². The second-order valence-electron chi connectivity index (χ2n) is 6.08. The minimum atomic E-state index is -3.64. The Morgan fingerprint density at radius 2 is 2.04 bits per heavy atom. The number of nitrogens with one attached hydrogen (secondary N) is 2. The van der Waals surface area contributed by atoms with Crippen molar-refractivity contribution in [1.82, 2.24) is 10.0 Å². The molecule has 0 spiro atoms. The Morgan fingerprint density at radius 3 is 2.62 bits per heavy atom. The number of carbonyl (C=O) groups is 1. The van der Waals surface area contributed by atoms with Crippen molar-refractivity contribution in [3.63, 3.8) is 0 Å². The lowest BCUT2D eigenvalue weighted by Gasteiger charge is -2.22. The fraction of sp³-hybridized carbons (Fsp3) is 0.688. The summed E-state index contributed by atoms with van der Waals surface area (Å²) in [7, 11) is -3.64. The molecule has 1 heterocycles. The molecule has 0 radical (unpaired) electrons. The molecule has 1 fully saturated rings. The van der Waals surface area contributed by atoms with Crippen LogP contribution in [0.15, 0.2) is 21.7 Å². The second kappa shape index (κ2) is 9.79. The van der Waals surface area contributed by atoms with Crippen LogP contribution in [0, 0.1) is 0 Å². The molecule has 1 aliphatic rings. The number of amides is 1. The van der Waals surface area contributed by atoms with Crippen LogP contribution in [0.25, 0.3) is 0 Å².